The highest BCUT2D eigenvalue weighted by molar-refractivity contribution is 7.89. The summed E-state index contributed by atoms with van der Waals surface area (Å²) < 4.78 is 27.9. The van der Waals surface area contributed by atoms with Crippen LogP contribution in [0.15, 0.2) is 53.6 Å². The SMILES string of the molecule is Cc1cnc(NC(=O)c2ccc(Cl)c(S(=O)(=O)N3CCc4ccccc4C3)c2)s1. The average molecular weight is 448 g/mol. The summed E-state index contributed by atoms with van der Waals surface area (Å²) in [6.45, 7) is 2.53. The average Bonchev–Trinajstić information content (AvgIpc) is 3.12. The molecule has 0 unspecified atom stereocenters. The molecule has 9 heteroatoms. The van der Waals surface area contributed by atoms with Gasteiger partial charge in [0.15, 0.2) is 5.13 Å². The van der Waals surface area contributed by atoms with Crippen molar-refractivity contribution in [2.75, 3.05) is 11.9 Å². The topological polar surface area (TPSA) is 79.4 Å². The maximum atomic E-state index is 13.3. The van der Waals surface area contributed by atoms with E-state index in [-0.39, 0.29) is 22.0 Å². The van der Waals surface area contributed by atoms with Crippen LogP contribution < -0.4 is 5.32 Å². The molecule has 0 spiro atoms. The predicted molar refractivity (Wildman–Crippen MR) is 114 cm³/mol. The molecule has 3 aromatic rings. The van der Waals surface area contributed by atoms with Crippen LogP contribution in [0.2, 0.25) is 5.02 Å². The highest BCUT2D eigenvalue weighted by Gasteiger charge is 2.30. The van der Waals surface area contributed by atoms with E-state index in [1.54, 1.807) is 6.20 Å². The molecule has 0 atom stereocenters. The van der Waals surface area contributed by atoms with Crippen molar-refractivity contribution in [1.29, 1.82) is 0 Å². The maximum Gasteiger partial charge on any atom is 0.257 e. The quantitative estimate of drug-likeness (QED) is 0.652. The zero-order chi connectivity index (χ0) is 20.6. The van der Waals surface area contributed by atoms with Crippen molar-refractivity contribution in [2.45, 2.75) is 24.8 Å². The van der Waals surface area contributed by atoms with E-state index in [9.17, 15) is 13.2 Å². The van der Waals surface area contributed by atoms with Gasteiger partial charge in [0.1, 0.15) is 4.90 Å². The maximum absolute atomic E-state index is 13.3. The molecule has 29 heavy (non-hydrogen) atoms. The van der Waals surface area contributed by atoms with Crippen molar-refractivity contribution in [1.82, 2.24) is 9.29 Å². The summed E-state index contributed by atoms with van der Waals surface area (Å²) in [6, 6.07) is 12.1. The lowest BCUT2D eigenvalue weighted by Gasteiger charge is -2.28. The van der Waals surface area contributed by atoms with Crippen LogP contribution in [0.3, 0.4) is 0 Å². The number of thiazole rings is 1. The van der Waals surface area contributed by atoms with E-state index in [2.05, 4.69) is 10.3 Å². The second-order valence-corrected chi connectivity index (χ2v) is 10.3. The Bertz CT molecular complexity index is 1190. The summed E-state index contributed by atoms with van der Waals surface area (Å²) >= 11 is 7.56. The number of hydrogen-bond donors (Lipinski definition) is 1. The molecule has 2 aromatic carbocycles. The lowest BCUT2D eigenvalue weighted by molar-refractivity contribution is 0.102. The summed E-state index contributed by atoms with van der Waals surface area (Å²) in [5, 5.41) is 3.23. The van der Waals surface area contributed by atoms with Crippen LogP contribution in [-0.4, -0.2) is 30.2 Å². The number of fused-ring (bicyclic) bond motifs is 1. The molecule has 0 saturated heterocycles. The number of aryl methyl sites for hydroxylation is 1. The third-order valence-electron chi connectivity index (χ3n) is 4.75. The minimum atomic E-state index is -3.85. The minimum Gasteiger partial charge on any atom is -0.298 e. The first-order valence-corrected chi connectivity index (χ1v) is 11.6. The van der Waals surface area contributed by atoms with E-state index in [1.165, 1.54) is 33.8 Å². The van der Waals surface area contributed by atoms with Gasteiger partial charge in [-0.05, 0) is 42.7 Å². The molecule has 6 nitrogen and oxygen atoms in total. The largest absolute Gasteiger partial charge is 0.298 e. The van der Waals surface area contributed by atoms with Crippen LogP contribution in [0.4, 0.5) is 5.13 Å². The first-order valence-electron chi connectivity index (χ1n) is 8.95. The van der Waals surface area contributed by atoms with Gasteiger partial charge in [0.2, 0.25) is 10.0 Å². The molecule has 4 rings (SSSR count). The van der Waals surface area contributed by atoms with Crippen molar-refractivity contribution in [2.24, 2.45) is 0 Å². The van der Waals surface area contributed by atoms with Gasteiger partial charge in [0, 0.05) is 29.7 Å². The second-order valence-electron chi connectivity index (χ2n) is 6.73. The predicted octanol–water partition coefficient (Wildman–Crippen LogP) is 4.10. The van der Waals surface area contributed by atoms with Crippen LogP contribution in [0.1, 0.15) is 26.4 Å². The molecule has 0 saturated carbocycles. The number of carbonyl (C=O) groups excluding carboxylic acids is 1. The van der Waals surface area contributed by atoms with E-state index in [4.69, 9.17) is 11.6 Å². The van der Waals surface area contributed by atoms with Crippen molar-refractivity contribution < 1.29 is 13.2 Å². The lowest BCUT2D eigenvalue weighted by Crippen LogP contribution is -2.36. The van der Waals surface area contributed by atoms with E-state index < -0.39 is 15.9 Å². The number of rotatable bonds is 4. The monoisotopic (exact) mass is 447 g/mol. The number of carbonyl (C=O) groups is 1. The smallest absolute Gasteiger partial charge is 0.257 e. The Labute approximate surface area is 178 Å². The van der Waals surface area contributed by atoms with Gasteiger partial charge >= 0.3 is 0 Å². The molecule has 1 amide bonds. The molecule has 1 aliphatic rings. The normalized spacial score (nSPS) is 14.4. The van der Waals surface area contributed by atoms with Crippen molar-refractivity contribution in [3.05, 3.63) is 75.3 Å². The van der Waals surface area contributed by atoms with Crippen molar-refractivity contribution in [3.63, 3.8) is 0 Å². The number of nitrogens with zero attached hydrogens (tertiary/aromatic N) is 2. The number of benzene rings is 2. The lowest BCUT2D eigenvalue weighted by atomic mass is 10.0. The van der Waals surface area contributed by atoms with Crippen molar-refractivity contribution in [3.8, 4) is 0 Å². The third-order valence-corrected chi connectivity index (χ3v) is 7.90. The Morgan fingerprint density at radius 3 is 2.69 bits per heavy atom. The Hall–Kier alpha value is -2.26. The van der Waals surface area contributed by atoms with Gasteiger partial charge < -0.3 is 0 Å². The fraction of sp³-hybridized carbons (Fsp3) is 0.200. The Morgan fingerprint density at radius 2 is 1.97 bits per heavy atom. The van der Waals surface area contributed by atoms with Gasteiger partial charge in [0.05, 0.1) is 5.02 Å². The minimum absolute atomic E-state index is 0.0680. The highest BCUT2D eigenvalue weighted by Crippen LogP contribution is 2.30. The zero-order valence-electron chi connectivity index (χ0n) is 15.6. The summed E-state index contributed by atoms with van der Waals surface area (Å²) in [5.41, 5.74) is 2.33. The van der Waals surface area contributed by atoms with E-state index >= 15 is 0 Å². The molecular weight excluding hydrogens is 430 g/mol. The van der Waals surface area contributed by atoms with Crippen molar-refractivity contribution >= 4 is 44.0 Å². The number of nitrogens with one attached hydrogen (secondary N) is 1. The van der Waals surface area contributed by atoms with Gasteiger partial charge in [-0.3, -0.25) is 10.1 Å². The molecule has 0 aliphatic carbocycles. The van der Waals surface area contributed by atoms with Crippen LogP contribution in [0.5, 0.6) is 0 Å². The fourth-order valence-corrected chi connectivity index (χ4v) is 5.82. The van der Waals surface area contributed by atoms with Gasteiger partial charge in [-0.25, -0.2) is 13.4 Å². The Balaban J connectivity index is 1.62. The number of sulfonamides is 1. The number of anilines is 1. The van der Waals surface area contributed by atoms with Crippen LogP contribution >= 0.6 is 22.9 Å². The molecular formula is C20H18ClN3O3S2. The standard InChI is InChI=1S/C20H18ClN3O3S2/c1-13-11-22-20(28-13)23-19(25)15-6-7-17(21)18(10-15)29(26,27)24-9-8-14-4-2-3-5-16(14)12-24/h2-7,10-11H,8-9,12H2,1H3,(H,22,23,25). The summed E-state index contributed by atoms with van der Waals surface area (Å²) in [4.78, 5) is 17.6. The van der Waals surface area contributed by atoms with Crippen LogP contribution in [0, 0.1) is 6.92 Å². The first kappa shape index (κ1) is 20.0. The Morgan fingerprint density at radius 1 is 1.21 bits per heavy atom. The molecule has 2 heterocycles. The van der Waals surface area contributed by atoms with E-state index in [1.807, 2.05) is 31.2 Å². The summed E-state index contributed by atoms with van der Waals surface area (Å²) in [7, 11) is -3.85. The highest BCUT2D eigenvalue weighted by atomic mass is 35.5. The fourth-order valence-electron chi connectivity index (χ4n) is 3.24. The van der Waals surface area contributed by atoms with Crippen LogP contribution in [0.25, 0.3) is 0 Å². The second kappa shape index (κ2) is 7.87. The number of aromatic nitrogens is 1. The van der Waals surface area contributed by atoms with E-state index in [0.717, 1.165) is 16.0 Å². The van der Waals surface area contributed by atoms with Gasteiger partial charge in [0.25, 0.3) is 5.91 Å². The first-order chi connectivity index (χ1) is 13.8. The molecule has 0 radical (unpaired) electrons. The number of hydrogen-bond acceptors (Lipinski definition) is 5. The molecule has 1 N–H and O–H groups in total. The van der Waals surface area contributed by atoms with Gasteiger partial charge in [-0.2, -0.15) is 4.31 Å². The van der Waals surface area contributed by atoms with E-state index in [0.29, 0.717) is 18.1 Å². The van der Waals surface area contributed by atoms with Gasteiger partial charge in [-0.1, -0.05) is 35.9 Å². The molecule has 1 aliphatic heterocycles. The number of amides is 1. The Kier molecular flexibility index (Phi) is 5.44. The molecule has 150 valence electrons. The molecule has 1 aromatic heterocycles. The zero-order valence-corrected chi connectivity index (χ0v) is 17.9. The molecule has 0 fully saturated rings. The third kappa shape index (κ3) is 4.06. The van der Waals surface area contributed by atoms with Gasteiger partial charge in [-0.15, -0.1) is 11.3 Å². The summed E-state index contributed by atoms with van der Waals surface area (Å²) in [5.74, 6) is -0.434. The number of halogens is 1. The molecule has 0 bridgehead atoms. The summed E-state index contributed by atoms with van der Waals surface area (Å²) in [6.07, 6.45) is 2.29. The van der Waals surface area contributed by atoms with Crippen LogP contribution in [-0.2, 0) is 23.0 Å².